The normalized spacial score (nSPS) is 14.7. The van der Waals surface area contributed by atoms with E-state index in [-0.39, 0.29) is 23.8 Å². The Labute approximate surface area is 152 Å². The molecule has 0 spiro atoms. The van der Waals surface area contributed by atoms with E-state index in [2.05, 4.69) is 15.1 Å². The lowest BCUT2D eigenvalue weighted by atomic mass is 10.3. The molecule has 1 saturated heterocycles. The van der Waals surface area contributed by atoms with Crippen LogP contribution < -0.4 is 10.5 Å². The first-order valence-corrected chi connectivity index (χ1v) is 9.01. The number of hydrogen-bond donors (Lipinski definition) is 1. The zero-order chi connectivity index (χ0) is 18.1. The highest BCUT2D eigenvalue weighted by molar-refractivity contribution is 7.17. The predicted octanol–water partition coefficient (Wildman–Crippen LogP) is 1.08. The van der Waals surface area contributed by atoms with Gasteiger partial charge in [0.25, 0.3) is 11.5 Å². The van der Waals surface area contributed by atoms with Crippen molar-refractivity contribution in [2.45, 2.75) is 6.54 Å². The molecular weight excluding hydrogens is 358 g/mol. The van der Waals surface area contributed by atoms with Gasteiger partial charge >= 0.3 is 0 Å². The third-order valence-corrected chi connectivity index (χ3v) is 5.04. The standard InChI is InChI=1S/C16H17N5O4S/c1-20(9-12-17-10-2-7-26-14(10)15(22)18-12)16(23)11-8-13(19-25-11)21-3-5-24-6-4-21/h2,7-8H,3-6,9H2,1H3,(H,17,18,22). The molecule has 26 heavy (non-hydrogen) atoms. The number of nitrogens with zero attached hydrogens (tertiary/aromatic N) is 4. The third kappa shape index (κ3) is 3.20. The van der Waals surface area contributed by atoms with Gasteiger partial charge in [-0.1, -0.05) is 5.16 Å². The number of anilines is 1. The number of carbonyl (C=O) groups excluding carboxylic acids is 1. The van der Waals surface area contributed by atoms with Crippen molar-refractivity contribution in [1.82, 2.24) is 20.0 Å². The van der Waals surface area contributed by atoms with Crippen molar-refractivity contribution in [2.24, 2.45) is 0 Å². The number of carbonyl (C=O) groups is 1. The van der Waals surface area contributed by atoms with Gasteiger partial charge in [-0.15, -0.1) is 11.3 Å². The van der Waals surface area contributed by atoms with Crippen molar-refractivity contribution in [3.63, 3.8) is 0 Å². The van der Waals surface area contributed by atoms with Crippen LogP contribution in [0.4, 0.5) is 5.82 Å². The molecule has 0 bridgehead atoms. The van der Waals surface area contributed by atoms with E-state index in [1.807, 2.05) is 10.3 Å². The van der Waals surface area contributed by atoms with Crippen molar-refractivity contribution in [1.29, 1.82) is 0 Å². The van der Waals surface area contributed by atoms with Crippen LogP contribution in [0.1, 0.15) is 16.4 Å². The van der Waals surface area contributed by atoms with Gasteiger partial charge in [0.15, 0.2) is 5.82 Å². The van der Waals surface area contributed by atoms with Crippen LogP contribution in [-0.2, 0) is 11.3 Å². The van der Waals surface area contributed by atoms with Crippen LogP contribution in [-0.4, -0.2) is 59.3 Å². The summed E-state index contributed by atoms with van der Waals surface area (Å²) in [5.41, 5.74) is 0.430. The first-order valence-electron chi connectivity index (χ1n) is 8.13. The summed E-state index contributed by atoms with van der Waals surface area (Å²) in [5.74, 6) is 0.860. The maximum absolute atomic E-state index is 12.6. The molecule has 0 aromatic carbocycles. The third-order valence-electron chi connectivity index (χ3n) is 4.14. The van der Waals surface area contributed by atoms with Crippen LogP contribution in [0, 0.1) is 0 Å². The van der Waals surface area contributed by atoms with Gasteiger partial charge < -0.3 is 24.0 Å². The molecule has 3 aromatic rings. The first kappa shape index (κ1) is 16.7. The van der Waals surface area contributed by atoms with E-state index in [4.69, 9.17) is 9.26 Å². The monoisotopic (exact) mass is 375 g/mol. The number of rotatable bonds is 4. The Morgan fingerprint density at radius 1 is 1.42 bits per heavy atom. The first-order chi connectivity index (χ1) is 12.6. The largest absolute Gasteiger partial charge is 0.378 e. The summed E-state index contributed by atoms with van der Waals surface area (Å²) >= 11 is 1.34. The van der Waals surface area contributed by atoms with Gasteiger partial charge in [-0.25, -0.2) is 4.98 Å². The zero-order valence-electron chi connectivity index (χ0n) is 14.1. The summed E-state index contributed by atoms with van der Waals surface area (Å²) in [5, 5.41) is 5.79. The van der Waals surface area contributed by atoms with E-state index in [0.29, 0.717) is 48.2 Å². The molecule has 0 atom stereocenters. The molecule has 0 saturated carbocycles. The number of ether oxygens (including phenoxy) is 1. The molecule has 1 aliphatic heterocycles. The number of morpholine rings is 1. The molecule has 136 valence electrons. The van der Waals surface area contributed by atoms with E-state index >= 15 is 0 Å². The Balaban J connectivity index is 1.48. The van der Waals surface area contributed by atoms with Crippen LogP contribution in [0.3, 0.4) is 0 Å². The molecule has 4 rings (SSSR count). The molecule has 1 fully saturated rings. The van der Waals surface area contributed by atoms with Crippen molar-refractivity contribution >= 4 is 33.3 Å². The Bertz CT molecular complexity index is 988. The van der Waals surface area contributed by atoms with E-state index in [0.717, 1.165) is 0 Å². The number of H-pyrrole nitrogens is 1. The van der Waals surface area contributed by atoms with E-state index in [1.165, 1.54) is 16.2 Å². The topological polar surface area (TPSA) is 105 Å². The number of aromatic amines is 1. The SMILES string of the molecule is CN(Cc1nc2ccsc2c(=O)[nH]1)C(=O)c1cc(N2CCOCC2)no1. The summed E-state index contributed by atoms with van der Waals surface area (Å²) < 4.78 is 11.1. The highest BCUT2D eigenvalue weighted by Crippen LogP contribution is 2.18. The maximum Gasteiger partial charge on any atom is 0.292 e. The molecule has 4 heterocycles. The van der Waals surface area contributed by atoms with Crippen molar-refractivity contribution in [2.75, 3.05) is 38.3 Å². The highest BCUT2D eigenvalue weighted by Gasteiger charge is 2.22. The van der Waals surface area contributed by atoms with Crippen LogP contribution in [0.2, 0.25) is 0 Å². The van der Waals surface area contributed by atoms with Gasteiger partial charge in [0.1, 0.15) is 10.5 Å². The van der Waals surface area contributed by atoms with Crippen molar-refractivity contribution in [3.05, 3.63) is 39.5 Å². The van der Waals surface area contributed by atoms with Crippen LogP contribution in [0.5, 0.6) is 0 Å². The number of aromatic nitrogens is 3. The predicted molar refractivity (Wildman–Crippen MR) is 95.6 cm³/mol. The van der Waals surface area contributed by atoms with E-state index in [9.17, 15) is 9.59 Å². The number of thiophene rings is 1. The maximum atomic E-state index is 12.6. The Morgan fingerprint density at radius 2 is 2.23 bits per heavy atom. The van der Waals surface area contributed by atoms with Crippen LogP contribution >= 0.6 is 11.3 Å². The molecule has 1 aliphatic rings. The van der Waals surface area contributed by atoms with Crippen LogP contribution in [0.15, 0.2) is 26.8 Å². The smallest absolute Gasteiger partial charge is 0.292 e. The second kappa shape index (κ2) is 6.89. The molecular formula is C16H17N5O4S. The molecule has 0 unspecified atom stereocenters. The quantitative estimate of drug-likeness (QED) is 0.727. The summed E-state index contributed by atoms with van der Waals surface area (Å²) in [7, 11) is 1.62. The van der Waals surface area contributed by atoms with Gasteiger partial charge in [0.05, 0.1) is 25.3 Å². The van der Waals surface area contributed by atoms with E-state index in [1.54, 1.807) is 19.2 Å². The second-order valence-electron chi connectivity index (χ2n) is 5.96. The Hall–Kier alpha value is -2.72. The molecule has 0 aliphatic carbocycles. The molecule has 1 amide bonds. The minimum absolute atomic E-state index is 0.146. The lowest BCUT2D eigenvalue weighted by Gasteiger charge is -2.25. The van der Waals surface area contributed by atoms with Gasteiger partial charge in [-0.3, -0.25) is 9.59 Å². The van der Waals surface area contributed by atoms with Crippen molar-refractivity contribution in [3.8, 4) is 0 Å². The molecule has 3 aromatic heterocycles. The fourth-order valence-corrected chi connectivity index (χ4v) is 3.51. The molecule has 1 N–H and O–H groups in total. The summed E-state index contributed by atoms with van der Waals surface area (Å²) in [6.45, 7) is 2.83. The Morgan fingerprint density at radius 3 is 3.04 bits per heavy atom. The lowest BCUT2D eigenvalue weighted by molar-refractivity contribution is 0.0740. The summed E-state index contributed by atoms with van der Waals surface area (Å²) in [6.07, 6.45) is 0. The number of nitrogens with one attached hydrogen (secondary N) is 1. The highest BCUT2D eigenvalue weighted by atomic mass is 32.1. The average Bonchev–Trinajstić information content (AvgIpc) is 3.31. The van der Waals surface area contributed by atoms with Gasteiger partial charge in [-0.05, 0) is 11.4 Å². The fourth-order valence-electron chi connectivity index (χ4n) is 2.79. The van der Waals surface area contributed by atoms with Gasteiger partial charge in [0.2, 0.25) is 5.76 Å². The minimum Gasteiger partial charge on any atom is -0.378 e. The minimum atomic E-state index is -0.329. The zero-order valence-corrected chi connectivity index (χ0v) is 14.9. The van der Waals surface area contributed by atoms with Crippen molar-refractivity contribution < 1.29 is 14.1 Å². The molecule has 0 radical (unpaired) electrons. The van der Waals surface area contributed by atoms with Gasteiger partial charge in [-0.2, -0.15) is 0 Å². The molecule has 9 nitrogen and oxygen atoms in total. The fraction of sp³-hybridized carbons (Fsp3) is 0.375. The number of amides is 1. The lowest BCUT2D eigenvalue weighted by Crippen LogP contribution is -2.36. The summed E-state index contributed by atoms with van der Waals surface area (Å²) in [4.78, 5) is 35.1. The average molecular weight is 375 g/mol. The second-order valence-corrected chi connectivity index (χ2v) is 6.87. The Kier molecular flexibility index (Phi) is 4.43. The number of fused-ring (bicyclic) bond motifs is 1. The van der Waals surface area contributed by atoms with Crippen LogP contribution in [0.25, 0.3) is 10.2 Å². The van der Waals surface area contributed by atoms with E-state index < -0.39 is 0 Å². The van der Waals surface area contributed by atoms with Gasteiger partial charge in [0, 0.05) is 26.2 Å². The number of hydrogen-bond acceptors (Lipinski definition) is 8. The molecule has 10 heteroatoms. The summed E-state index contributed by atoms with van der Waals surface area (Å²) in [6, 6.07) is 3.41.